The Morgan fingerprint density at radius 2 is 2.10 bits per heavy atom. The molecule has 1 aromatic heterocycles. The van der Waals surface area contributed by atoms with Crippen molar-refractivity contribution in [3.05, 3.63) is 48.2 Å². The number of benzene rings is 2. The van der Waals surface area contributed by atoms with Crippen molar-refractivity contribution in [2.75, 3.05) is 5.75 Å². The number of rotatable bonds is 0. The standard InChI is InChI=1S/C17H14NS.Ir/c1-17(2)10-19-16-13-8-7-11-5-3-4-6-12(11)15(13)18-9-14(16)17;/h3-5,7-9H,10H2,1-2H3;/q-1;. The van der Waals surface area contributed by atoms with Crippen LogP contribution in [0.4, 0.5) is 0 Å². The molecule has 0 saturated carbocycles. The molecule has 0 bridgehead atoms. The molecule has 0 fully saturated rings. The van der Waals surface area contributed by atoms with Gasteiger partial charge in [-0.05, 0) is 16.5 Å². The van der Waals surface area contributed by atoms with Crippen LogP contribution in [0.1, 0.15) is 19.4 Å². The number of hydrogen-bond acceptors (Lipinski definition) is 2. The van der Waals surface area contributed by atoms with E-state index in [0.717, 1.165) is 16.7 Å². The van der Waals surface area contributed by atoms with E-state index < -0.39 is 0 Å². The van der Waals surface area contributed by atoms with Gasteiger partial charge in [0.2, 0.25) is 0 Å². The molecule has 3 aromatic rings. The van der Waals surface area contributed by atoms with Crippen LogP contribution in [0.25, 0.3) is 21.7 Å². The first kappa shape index (κ1) is 14.1. The number of aromatic nitrogens is 1. The van der Waals surface area contributed by atoms with Crippen LogP contribution in [0.15, 0.2) is 41.4 Å². The molecule has 20 heavy (non-hydrogen) atoms. The Morgan fingerprint density at radius 1 is 1.25 bits per heavy atom. The van der Waals surface area contributed by atoms with Gasteiger partial charge < -0.3 is 4.98 Å². The van der Waals surface area contributed by atoms with Crippen LogP contribution in [0.2, 0.25) is 0 Å². The third-order valence-electron chi connectivity index (χ3n) is 3.93. The van der Waals surface area contributed by atoms with E-state index in [2.05, 4.69) is 44.3 Å². The Balaban J connectivity index is 0.00000121. The maximum absolute atomic E-state index is 4.73. The maximum Gasteiger partial charge on any atom is 0.0210 e. The largest absolute Gasteiger partial charge is 0.304 e. The number of fused-ring (bicyclic) bond motifs is 5. The van der Waals surface area contributed by atoms with E-state index in [0.29, 0.717) is 0 Å². The number of hydrogen-bond donors (Lipinski definition) is 0. The summed E-state index contributed by atoms with van der Waals surface area (Å²) in [6, 6.07) is 13.8. The zero-order valence-electron chi connectivity index (χ0n) is 11.4. The normalized spacial score (nSPS) is 16.1. The van der Waals surface area contributed by atoms with Crippen LogP contribution in [-0.4, -0.2) is 10.7 Å². The predicted octanol–water partition coefficient (Wildman–Crippen LogP) is 4.57. The summed E-state index contributed by atoms with van der Waals surface area (Å²) in [5, 5.41) is 3.63. The van der Waals surface area contributed by atoms with Gasteiger partial charge in [-0.1, -0.05) is 26.0 Å². The Bertz CT molecular complexity index is 811. The SMILES string of the molecule is CC1(C)CSc2c1cnc1c2ccc2ccc[c-]c21.[Ir]. The molecule has 0 aliphatic carbocycles. The van der Waals surface area contributed by atoms with E-state index in [-0.39, 0.29) is 25.5 Å². The summed E-state index contributed by atoms with van der Waals surface area (Å²) in [4.78, 5) is 6.14. The number of pyridine rings is 1. The van der Waals surface area contributed by atoms with E-state index in [9.17, 15) is 0 Å². The molecule has 2 heterocycles. The average molecular weight is 457 g/mol. The Morgan fingerprint density at radius 3 is 2.95 bits per heavy atom. The van der Waals surface area contributed by atoms with Crippen LogP contribution < -0.4 is 0 Å². The average Bonchev–Trinajstić information content (AvgIpc) is 2.74. The van der Waals surface area contributed by atoms with Crippen molar-refractivity contribution >= 4 is 33.4 Å². The molecule has 1 nitrogen and oxygen atoms in total. The Hall–Kier alpha value is -0.891. The van der Waals surface area contributed by atoms with Crippen molar-refractivity contribution in [3.8, 4) is 0 Å². The Labute approximate surface area is 136 Å². The molecular weight excluding hydrogens is 442 g/mol. The molecule has 0 amide bonds. The van der Waals surface area contributed by atoms with Crippen LogP contribution in [-0.2, 0) is 25.5 Å². The maximum atomic E-state index is 4.73. The van der Waals surface area contributed by atoms with Crippen LogP contribution in [0, 0.1) is 6.07 Å². The smallest absolute Gasteiger partial charge is 0.0210 e. The summed E-state index contributed by atoms with van der Waals surface area (Å²) in [5.74, 6) is 1.14. The summed E-state index contributed by atoms with van der Waals surface area (Å²) in [6.07, 6.45) is 2.07. The second-order valence-electron chi connectivity index (χ2n) is 5.77. The molecular formula is C17H14IrNS-. The zero-order valence-corrected chi connectivity index (χ0v) is 14.6. The minimum Gasteiger partial charge on any atom is -0.304 e. The fourth-order valence-corrected chi connectivity index (χ4v) is 4.26. The van der Waals surface area contributed by atoms with Gasteiger partial charge in [0.05, 0.1) is 0 Å². The van der Waals surface area contributed by atoms with E-state index in [1.807, 2.05) is 23.9 Å². The van der Waals surface area contributed by atoms with Gasteiger partial charge in [0.15, 0.2) is 0 Å². The minimum absolute atomic E-state index is 0. The molecule has 1 radical (unpaired) electrons. The summed E-state index contributed by atoms with van der Waals surface area (Å²) in [6.45, 7) is 4.60. The molecule has 3 heteroatoms. The molecule has 0 saturated heterocycles. The summed E-state index contributed by atoms with van der Waals surface area (Å²) < 4.78 is 0. The molecule has 0 N–H and O–H groups in total. The van der Waals surface area contributed by atoms with Gasteiger partial charge in [-0.3, -0.25) is 0 Å². The van der Waals surface area contributed by atoms with Crippen molar-refractivity contribution in [2.45, 2.75) is 24.2 Å². The number of nitrogens with zero attached hydrogens (tertiary/aromatic N) is 1. The van der Waals surface area contributed by atoms with E-state index in [4.69, 9.17) is 4.98 Å². The van der Waals surface area contributed by atoms with Gasteiger partial charge in [0, 0.05) is 42.4 Å². The van der Waals surface area contributed by atoms with Crippen LogP contribution >= 0.6 is 11.8 Å². The molecule has 0 unspecified atom stereocenters. The summed E-state index contributed by atoms with van der Waals surface area (Å²) in [7, 11) is 0. The topological polar surface area (TPSA) is 12.9 Å². The van der Waals surface area contributed by atoms with Gasteiger partial charge in [0.1, 0.15) is 0 Å². The van der Waals surface area contributed by atoms with Crippen LogP contribution in [0.3, 0.4) is 0 Å². The van der Waals surface area contributed by atoms with E-state index >= 15 is 0 Å². The quantitative estimate of drug-likeness (QED) is 0.363. The van der Waals surface area contributed by atoms with Crippen molar-refractivity contribution in [1.29, 1.82) is 0 Å². The van der Waals surface area contributed by atoms with Gasteiger partial charge in [-0.15, -0.1) is 46.8 Å². The molecule has 1 aliphatic heterocycles. The fourth-order valence-electron chi connectivity index (χ4n) is 2.80. The number of thioether (sulfide) groups is 1. The summed E-state index contributed by atoms with van der Waals surface area (Å²) in [5.41, 5.74) is 2.71. The van der Waals surface area contributed by atoms with Gasteiger partial charge in [-0.2, -0.15) is 0 Å². The summed E-state index contributed by atoms with van der Waals surface area (Å²) >= 11 is 1.96. The van der Waals surface area contributed by atoms with Crippen molar-refractivity contribution in [1.82, 2.24) is 4.98 Å². The molecule has 2 aromatic carbocycles. The second kappa shape index (κ2) is 4.84. The van der Waals surface area contributed by atoms with Crippen molar-refractivity contribution in [3.63, 3.8) is 0 Å². The molecule has 0 spiro atoms. The first-order chi connectivity index (χ1) is 9.17. The second-order valence-corrected chi connectivity index (χ2v) is 6.76. The third kappa shape index (κ3) is 1.92. The first-order valence-corrected chi connectivity index (χ1v) is 7.51. The van der Waals surface area contributed by atoms with Gasteiger partial charge in [-0.25, -0.2) is 0 Å². The first-order valence-electron chi connectivity index (χ1n) is 6.52. The third-order valence-corrected chi connectivity index (χ3v) is 5.52. The van der Waals surface area contributed by atoms with E-state index in [1.165, 1.54) is 21.2 Å². The molecule has 4 rings (SSSR count). The van der Waals surface area contributed by atoms with Crippen molar-refractivity contribution < 1.29 is 20.1 Å². The van der Waals surface area contributed by atoms with E-state index in [1.54, 1.807) is 0 Å². The predicted molar refractivity (Wildman–Crippen MR) is 81.8 cm³/mol. The minimum atomic E-state index is 0. The van der Waals surface area contributed by atoms with Gasteiger partial charge in [0.25, 0.3) is 0 Å². The fraction of sp³-hybridized carbons (Fsp3) is 0.235. The monoisotopic (exact) mass is 457 g/mol. The Kier molecular flexibility index (Phi) is 3.40. The van der Waals surface area contributed by atoms with Crippen molar-refractivity contribution in [2.24, 2.45) is 0 Å². The molecule has 0 atom stereocenters. The van der Waals surface area contributed by atoms with Crippen LogP contribution in [0.5, 0.6) is 0 Å². The van der Waals surface area contributed by atoms with Gasteiger partial charge >= 0.3 is 0 Å². The molecule has 1 aliphatic rings. The molecule has 103 valence electrons. The zero-order chi connectivity index (χ0) is 13.0.